The summed E-state index contributed by atoms with van der Waals surface area (Å²) in [7, 11) is 4.06. The van der Waals surface area contributed by atoms with E-state index in [0.29, 0.717) is 4.88 Å². The Kier molecular flexibility index (Phi) is 6.05. The summed E-state index contributed by atoms with van der Waals surface area (Å²) >= 11 is 1.35. The molecule has 2 N–H and O–H groups in total. The average Bonchev–Trinajstić information content (AvgIpc) is 3.00. The molecule has 0 aliphatic rings. The molecule has 2 aromatic heterocycles. The molecule has 128 valence electrons. The summed E-state index contributed by atoms with van der Waals surface area (Å²) in [6.45, 7) is 5.39. The molecule has 0 aliphatic heterocycles. The van der Waals surface area contributed by atoms with Crippen LogP contribution in [-0.4, -0.2) is 54.2 Å². The number of thiophene rings is 1. The minimum absolute atomic E-state index is 0.206. The third-order valence-corrected chi connectivity index (χ3v) is 4.70. The highest BCUT2D eigenvalue weighted by molar-refractivity contribution is 7.20. The molecular formula is C17H23N5OS. The van der Waals surface area contributed by atoms with E-state index >= 15 is 0 Å². The highest BCUT2D eigenvalue weighted by Crippen LogP contribution is 2.30. The molecule has 1 amide bonds. The first-order valence-electron chi connectivity index (χ1n) is 7.72. The first kappa shape index (κ1) is 18.1. The maximum Gasteiger partial charge on any atom is 0.273 e. The van der Waals surface area contributed by atoms with Gasteiger partial charge >= 0.3 is 0 Å². The lowest BCUT2D eigenvalue weighted by atomic mass is 10.2. The number of nitrogens with one attached hydrogen (secondary N) is 2. The number of fused-ring (bicyclic) bond motifs is 1. The Morgan fingerprint density at radius 3 is 2.83 bits per heavy atom. The van der Waals surface area contributed by atoms with Gasteiger partial charge in [0.1, 0.15) is 4.83 Å². The molecule has 2 heterocycles. The lowest BCUT2D eigenvalue weighted by Gasteiger charge is -2.16. The van der Waals surface area contributed by atoms with Gasteiger partial charge in [0.15, 0.2) is 0 Å². The van der Waals surface area contributed by atoms with E-state index in [2.05, 4.69) is 15.2 Å². The van der Waals surface area contributed by atoms with Gasteiger partial charge in [-0.25, -0.2) is 4.98 Å². The van der Waals surface area contributed by atoms with Crippen molar-refractivity contribution in [3.05, 3.63) is 35.0 Å². The molecule has 0 bridgehead atoms. The van der Waals surface area contributed by atoms with E-state index in [0.717, 1.165) is 41.0 Å². The van der Waals surface area contributed by atoms with Crippen LogP contribution in [0.15, 0.2) is 30.1 Å². The van der Waals surface area contributed by atoms with Gasteiger partial charge in [-0.3, -0.25) is 15.1 Å². The van der Waals surface area contributed by atoms with E-state index < -0.39 is 0 Å². The zero-order chi connectivity index (χ0) is 17.7. The highest BCUT2D eigenvalue weighted by Gasteiger charge is 2.19. The molecule has 0 radical (unpaired) electrons. The summed E-state index contributed by atoms with van der Waals surface area (Å²) in [6, 6.07) is 3.78. The maximum atomic E-state index is 12.6. The van der Waals surface area contributed by atoms with Gasteiger partial charge in [0, 0.05) is 36.1 Å². The Morgan fingerprint density at radius 2 is 2.21 bits per heavy atom. The number of pyridine rings is 1. The van der Waals surface area contributed by atoms with Crippen molar-refractivity contribution < 1.29 is 4.79 Å². The largest absolute Gasteiger partial charge is 0.383 e. The lowest BCUT2D eigenvalue weighted by molar-refractivity contribution is 0.0885. The minimum Gasteiger partial charge on any atom is -0.383 e. The number of hydrogen-bond acceptors (Lipinski definition) is 6. The van der Waals surface area contributed by atoms with Crippen molar-refractivity contribution in [2.24, 2.45) is 0 Å². The van der Waals surface area contributed by atoms with Crippen LogP contribution < -0.4 is 5.32 Å². The van der Waals surface area contributed by atoms with Gasteiger partial charge in [0.2, 0.25) is 0 Å². The molecule has 0 unspecified atom stereocenters. The quantitative estimate of drug-likeness (QED) is 0.597. The smallest absolute Gasteiger partial charge is 0.273 e. The second kappa shape index (κ2) is 8.03. The van der Waals surface area contributed by atoms with Crippen LogP contribution in [0.2, 0.25) is 0 Å². The summed E-state index contributed by atoms with van der Waals surface area (Å²) < 4.78 is 0. The van der Waals surface area contributed by atoms with Crippen molar-refractivity contribution in [2.45, 2.75) is 13.8 Å². The molecule has 0 saturated carbocycles. The third-order valence-electron chi connectivity index (χ3n) is 3.67. The second-order valence-corrected chi connectivity index (χ2v) is 6.68. The van der Waals surface area contributed by atoms with Gasteiger partial charge in [-0.2, -0.15) is 0 Å². The summed E-state index contributed by atoms with van der Waals surface area (Å²) in [5.41, 5.74) is 1.70. The second-order valence-electron chi connectivity index (χ2n) is 5.65. The van der Waals surface area contributed by atoms with E-state index in [1.165, 1.54) is 16.2 Å². The zero-order valence-corrected chi connectivity index (χ0v) is 15.3. The van der Waals surface area contributed by atoms with E-state index in [1.807, 2.05) is 46.2 Å². The molecule has 0 atom stereocenters. The SMILES string of the molecule is C/C=C(\C)N(C=N)C(=O)c1cc2c(NCCN(C)C)ccnc2s1. The van der Waals surface area contributed by atoms with Crippen LogP contribution in [0.4, 0.5) is 5.69 Å². The van der Waals surface area contributed by atoms with Crippen LogP contribution in [0, 0.1) is 5.41 Å². The van der Waals surface area contributed by atoms with Crippen LogP contribution in [0.5, 0.6) is 0 Å². The third kappa shape index (κ3) is 3.98. The van der Waals surface area contributed by atoms with Gasteiger partial charge < -0.3 is 10.2 Å². The van der Waals surface area contributed by atoms with Crippen molar-refractivity contribution in [1.29, 1.82) is 5.41 Å². The Bertz CT molecular complexity index is 765. The van der Waals surface area contributed by atoms with Gasteiger partial charge in [-0.15, -0.1) is 11.3 Å². The molecule has 2 rings (SSSR count). The number of hydrogen-bond donors (Lipinski definition) is 2. The number of allylic oxidation sites excluding steroid dienone is 2. The summed E-state index contributed by atoms with van der Waals surface area (Å²) in [5, 5.41) is 11.8. The summed E-state index contributed by atoms with van der Waals surface area (Å²) in [6.07, 6.45) is 4.60. The Hall–Kier alpha value is -2.25. The molecule has 0 aliphatic carbocycles. The summed E-state index contributed by atoms with van der Waals surface area (Å²) in [5.74, 6) is -0.206. The van der Waals surface area contributed by atoms with E-state index in [4.69, 9.17) is 5.41 Å². The lowest BCUT2D eigenvalue weighted by Crippen LogP contribution is -2.26. The van der Waals surface area contributed by atoms with Crippen molar-refractivity contribution in [1.82, 2.24) is 14.8 Å². The highest BCUT2D eigenvalue weighted by atomic mass is 32.1. The molecule has 24 heavy (non-hydrogen) atoms. The van der Waals surface area contributed by atoms with Gasteiger partial charge in [-0.05, 0) is 40.1 Å². The number of carbonyl (C=O) groups is 1. The summed E-state index contributed by atoms with van der Waals surface area (Å²) in [4.78, 5) is 21.8. The number of rotatable bonds is 7. The molecular weight excluding hydrogens is 322 g/mol. The number of carbonyl (C=O) groups excluding carboxylic acids is 1. The minimum atomic E-state index is -0.206. The van der Waals surface area contributed by atoms with Gasteiger partial charge in [0.05, 0.1) is 11.2 Å². The van der Waals surface area contributed by atoms with Crippen molar-refractivity contribution in [2.75, 3.05) is 32.5 Å². The van der Waals surface area contributed by atoms with Gasteiger partial charge in [-0.1, -0.05) is 6.08 Å². The van der Waals surface area contributed by atoms with E-state index in [9.17, 15) is 4.79 Å². The van der Waals surface area contributed by atoms with Crippen molar-refractivity contribution >= 4 is 39.5 Å². The predicted octanol–water partition coefficient (Wildman–Crippen LogP) is 3.24. The molecule has 6 nitrogen and oxygen atoms in total. The first-order valence-corrected chi connectivity index (χ1v) is 8.53. The predicted molar refractivity (Wildman–Crippen MR) is 101 cm³/mol. The molecule has 0 saturated heterocycles. The molecule has 0 spiro atoms. The van der Waals surface area contributed by atoms with E-state index in [-0.39, 0.29) is 5.91 Å². The zero-order valence-electron chi connectivity index (χ0n) is 14.5. The van der Waals surface area contributed by atoms with Crippen LogP contribution in [-0.2, 0) is 0 Å². The van der Waals surface area contributed by atoms with Crippen LogP contribution >= 0.6 is 11.3 Å². The number of anilines is 1. The van der Waals surface area contributed by atoms with Crippen LogP contribution in [0.3, 0.4) is 0 Å². The normalized spacial score (nSPS) is 11.8. The average molecular weight is 345 g/mol. The van der Waals surface area contributed by atoms with Gasteiger partial charge in [0.25, 0.3) is 5.91 Å². The van der Waals surface area contributed by atoms with E-state index in [1.54, 1.807) is 6.20 Å². The van der Waals surface area contributed by atoms with Crippen molar-refractivity contribution in [3.63, 3.8) is 0 Å². The van der Waals surface area contributed by atoms with Crippen LogP contribution in [0.1, 0.15) is 23.5 Å². The number of likely N-dealkylation sites (N-methyl/N-ethyl adjacent to an activating group) is 1. The number of nitrogens with zero attached hydrogens (tertiary/aromatic N) is 3. The fraction of sp³-hybridized carbons (Fsp3) is 0.353. The molecule has 0 fully saturated rings. The maximum absolute atomic E-state index is 12.6. The molecule has 0 aromatic carbocycles. The number of amides is 1. The topological polar surface area (TPSA) is 72.3 Å². The standard InChI is InChI=1S/C17H23N5OS/c1-5-12(2)22(11-18)17(23)15-10-13-14(19-8-9-21(3)4)6-7-20-16(13)24-15/h5-7,10-11,18H,8-9H2,1-4H3,(H,19,20)/b12-5+,18-11?. The number of aromatic nitrogens is 1. The monoisotopic (exact) mass is 345 g/mol. The first-order chi connectivity index (χ1) is 11.5. The Morgan fingerprint density at radius 1 is 1.46 bits per heavy atom. The van der Waals surface area contributed by atoms with Crippen molar-refractivity contribution in [3.8, 4) is 0 Å². The fourth-order valence-electron chi connectivity index (χ4n) is 2.19. The fourth-order valence-corrected chi connectivity index (χ4v) is 3.15. The molecule has 7 heteroatoms. The van der Waals surface area contributed by atoms with Crippen LogP contribution in [0.25, 0.3) is 10.2 Å². The Balaban J connectivity index is 2.30. The Labute approximate surface area is 146 Å². The molecule has 2 aromatic rings.